The molecule has 6 heteroatoms. The van der Waals surface area contributed by atoms with E-state index in [9.17, 15) is 9.59 Å². The van der Waals surface area contributed by atoms with E-state index in [-0.39, 0.29) is 18.4 Å². The molecule has 1 heterocycles. The van der Waals surface area contributed by atoms with Crippen molar-refractivity contribution in [1.82, 2.24) is 20.4 Å². The van der Waals surface area contributed by atoms with Crippen LogP contribution < -0.4 is 10.6 Å². The molecule has 6 nitrogen and oxygen atoms in total. The van der Waals surface area contributed by atoms with Crippen LogP contribution in [0.4, 0.5) is 0 Å². The van der Waals surface area contributed by atoms with Gasteiger partial charge in [-0.25, -0.2) is 0 Å². The Morgan fingerprint density at radius 3 is 2.64 bits per heavy atom. The molecular weight excluding hydrogens is 280 g/mol. The zero-order valence-electron chi connectivity index (χ0n) is 12.2. The Balaban J connectivity index is 1.50. The molecule has 0 atom stereocenters. The van der Waals surface area contributed by atoms with Crippen LogP contribution in [0.15, 0.2) is 42.7 Å². The van der Waals surface area contributed by atoms with Gasteiger partial charge < -0.3 is 10.6 Å². The fourth-order valence-electron chi connectivity index (χ4n) is 2.11. The van der Waals surface area contributed by atoms with Crippen LogP contribution in [-0.4, -0.2) is 34.2 Å². The predicted octanol–water partition coefficient (Wildman–Crippen LogP) is 0.940. The molecule has 2 amide bonds. The quantitative estimate of drug-likeness (QED) is 0.833. The monoisotopic (exact) mass is 298 g/mol. The molecule has 2 aromatic rings. The van der Waals surface area contributed by atoms with Gasteiger partial charge in [-0.05, 0) is 36.6 Å². The van der Waals surface area contributed by atoms with E-state index in [2.05, 4.69) is 15.7 Å². The predicted molar refractivity (Wildman–Crippen MR) is 81.3 cm³/mol. The van der Waals surface area contributed by atoms with Crippen molar-refractivity contribution in [2.45, 2.75) is 25.4 Å². The van der Waals surface area contributed by atoms with E-state index in [1.165, 1.54) is 0 Å². The summed E-state index contributed by atoms with van der Waals surface area (Å²) in [7, 11) is 0. The SMILES string of the molecule is O=C(CNC(=O)c1ccc(Cn2cccn2)cc1)NC1CC1. The summed E-state index contributed by atoms with van der Waals surface area (Å²) < 4.78 is 1.82. The van der Waals surface area contributed by atoms with Crippen LogP contribution in [0.25, 0.3) is 0 Å². The van der Waals surface area contributed by atoms with E-state index in [1.54, 1.807) is 18.3 Å². The van der Waals surface area contributed by atoms with E-state index < -0.39 is 0 Å². The topological polar surface area (TPSA) is 76.0 Å². The maximum absolute atomic E-state index is 12.0. The molecule has 22 heavy (non-hydrogen) atoms. The lowest BCUT2D eigenvalue weighted by Gasteiger charge is -2.07. The molecule has 1 aliphatic rings. The normalized spacial score (nSPS) is 13.6. The molecular formula is C16H18N4O2. The lowest BCUT2D eigenvalue weighted by atomic mass is 10.1. The van der Waals surface area contributed by atoms with Crippen LogP contribution in [0, 0.1) is 0 Å². The second-order valence-electron chi connectivity index (χ2n) is 5.43. The molecule has 0 unspecified atom stereocenters. The van der Waals surface area contributed by atoms with Gasteiger partial charge in [0, 0.05) is 24.0 Å². The van der Waals surface area contributed by atoms with Crippen molar-refractivity contribution >= 4 is 11.8 Å². The Morgan fingerprint density at radius 2 is 2.00 bits per heavy atom. The van der Waals surface area contributed by atoms with Crippen molar-refractivity contribution in [2.75, 3.05) is 6.54 Å². The highest BCUT2D eigenvalue weighted by Gasteiger charge is 2.23. The Bertz CT molecular complexity index is 645. The average molecular weight is 298 g/mol. The molecule has 0 radical (unpaired) electrons. The summed E-state index contributed by atoms with van der Waals surface area (Å²) in [5, 5.41) is 9.60. The molecule has 0 bridgehead atoms. The summed E-state index contributed by atoms with van der Waals surface area (Å²) in [6.07, 6.45) is 5.70. The number of nitrogens with zero attached hydrogens (tertiary/aromatic N) is 2. The standard InChI is InChI=1S/C16H18N4O2/c21-15(19-14-6-7-14)10-17-16(22)13-4-2-12(3-5-13)11-20-9-1-8-18-20/h1-5,8-9,14H,6-7,10-11H2,(H,17,22)(H,19,21). The molecule has 1 saturated carbocycles. The van der Waals surface area contributed by atoms with Gasteiger partial charge in [0.1, 0.15) is 0 Å². The van der Waals surface area contributed by atoms with Crippen molar-refractivity contribution in [3.05, 3.63) is 53.9 Å². The number of carbonyl (C=O) groups is 2. The second kappa shape index (κ2) is 6.43. The number of carbonyl (C=O) groups excluding carboxylic acids is 2. The van der Waals surface area contributed by atoms with Crippen molar-refractivity contribution in [2.24, 2.45) is 0 Å². The van der Waals surface area contributed by atoms with Gasteiger partial charge in [-0.1, -0.05) is 12.1 Å². The van der Waals surface area contributed by atoms with Gasteiger partial charge in [-0.15, -0.1) is 0 Å². The van der Waals surface area contributed by atoms with Crippen molar-refractivity contribution in [3.8, 4) is 0 Å². The van der Waals surface area contributed by atoms with Gasteiger partial charge in [-0.2, -0.15) is 5.10 Å². The zero-order valence-corrected chi connectivity index (χ0v) is 12.2. The van der Waals surface area contributed by atoms with E-state index in [1.807, 2.05) is 29.1 Å². The molecule has 114 valence electrons. The fourth-order valence-corrected chi connectivity index (χ4v) is 2.11. The summed E-state index contributed by atoms with van der Waals surface area (Å²) in [4.78, 5) is 23.5. The number of rotatable bonds is 6. The number of aromatic nitrogens is 2. The molecule has 1 fully saturated rings. The van der Waals surface area contributed by atoms with Gasteiger partial charge in [0.2, 0.25) is 5.91 Å². The third kappa shape index (κ3) is 3.94. The van der Waals surface area contributed by atoms with Gasteiger partial charge in [-0.3, -0.25) is 14.3 Å². The molecule has 0 aliphatic heterocycles. The Morgan fingerprint density at radius 1 is 1.23 bits per heavy atom. The average Bonchev–Trinajstić information content (AvgIpc) is 3.18. The fraction of sp³-hybridized carbons (Fsp3) is 0.312. The van der Waals surface area contributed by atoms with Crippen LogP contribution in [0.5, 0.6) is 0 Å². The summed E-state index contributed by atoms with van der Waals surface area (Å²) in [5.41, 5.74) is 1.61. The smallest absolute Gasteiger partial charge is 0.251 e. The maximum Gasteiger partial charge on any atom is 0.251 e. The molecule has 1 aromatic carbocycles. The second-order valence-corrected chi connectivity index (χ2v) is 5.43. The summed E-state index contributed by atoms with van der Waals surface area (Å²) in [6.45, 7) is 0.684. The number of hydrogen-bond acceptors (Lipinski definition) is 3. The number of nitrogens with one attached hydrogen (secondary N) is 2. The summed E-state index contributed by atoms with van der Waals surface area (Å²) in [6, 6.07) is 9.47. The Hall–Kier alpha value is -2.63. The minimum absolute atomic E-state index is 0.0182. The lowest BCUT2D eigenvalue weighted by Crippen LogP contribution is -2.37. The van der Waals surface area contributed by atoms with Crippen molar-refractivity contribution in [1.29, 1.82) is 0 Å². The molecule has 0 saturated heterocycles. The first-order valence-electron chi connectivity index (χ1n) is 7.34. The van der Waals surface area contributed by atoms with Crippen LogP contribution in [0.1, 0.15) is 28.8 Å². The van der Waals surface area contributed by atoms with E-state index >= 15 is 0 Å². The molecule has 1 aromatic heterocycles. The van der Waals surface area contributed by atoms with Crippen LogP contribution in [-0.2, 0) is 11.3 Å². The molecule has 1 aliphatic carbocycles. The van der Waals surface area contributed by atoms with E-state index in [4.69, 9.17) is 0 Å². The first kappa shape index (κ1) is 14.3. The van der Waals surface area contributed by atoms with E-state index in [0.29, 0.717) is 18.2 Å². The molecule has 2 N–H and O–H groups in total. The first-order valence-corrected chi connectivity index (χ1v) is 7.34. The van der Waals surface area contributed by atoms with Gasteiger partial charge in [0.25, 0.3) is 5.91 Å². The molecule has 3 rings (SSSR count). The molecule has 0 spiro atoms. The summed E-state index contributed by atoms with van der Waals surface area (Å²) in [5.74, 6) is -0.372. The number of benzene rings is 1. The number of amides is 2. The maximum atomic E-state index is 12.0. The van der Waals surface area contributed by atoms with Crippen LogP contribution in [0.2, 0.25) is 0 Å². The largest absolute Gasteiger partial charge is 0.352 e. The van der Waals surface area contributed by atoms with Crippen LogP contribution >= 0.6 is 0 Å². The highest BCUT2D eigenvalue weighted by atomic mass is 16.2. The number of hydrogen-bond donors (Lipinski definition) is 2. The van der Waals surface area contributed by atoms with E-state index in [0.717, 1.165) is 18.4 Å². The Kier molecular flexibility index (Phi) is 4.18. The first-order chi connectivity index (χ1) is 10.7. The lowest BCUT2D eigenvalue weighted by molar-refractivity contribution is -0.120. The zero-order chi connectivity index (χ0) is 15.4. The van der Waals surface area contributed by atoms with Gasteiger partial charge in [0.05, 0.1) is 13.1 Å². The highest BCUT2D eigenvalue weighted by molar-refractivity contribution is 5.96. The van der Waals surface area contributed by atoms with Crippen LogP contribution in [0.3, 0.4) is 0 Å². The third-order valence-corrected chi connectivity index (χ3v) is 3.47. The van der Waals surface area contributed by atoms with Crippen molar-refractivity contribution in [3.63, 3.8) is 0 Å². The minimum Gasteiger partial charge on any atom is -0.352 e. The third-order valence-electron chi connectivity index (χ3n) is 3.47. The van der Waals surface area contributed by atoms with Gasteiger partial charge in [0.15, 0.2) is 0 Å². The van der Waals surface area contributed by atoms with Crippen molar-refractivity contribution < 1.29 is 9.59 Å². The minimum atomic E-state index is -0.239. The summed E-state index contributed by atoms with van der Waals surface area (Å²) >= 11 is 0. The van der Waals surface area contributed by atoms with Gasteiger partial charge >= 0.3 is 0 Å². The highest BCUT2D eigenvalue weighted by Crippen LogP contribution is 2.18. The Labute approximate surface area is 128 Å².